The van der Waals surface area contributed by atoms with Crippen LogP contribution in [0.1, 0.15) is 59.8 Å². The lowest BCUT2D eigenvalue weighted by molar-refractivity contribution is -0.144. The maximum absolute atomic E-state index is 11.9. The van der Waals surface area contributed by atoms with Crippen molar-refractivity contribution >= 4 is 23.9 Å². The van der Waals surface area contributed by atoms with Crippen molar-refractivity contribution in [1.82, 2.24) is 19.6 Å². The van der Waals surface area contributed by atoms with Gasteiger partial charge in [0.1, 0.15) is 0 Å². The van der Waals surface area contributed by atoms with Gasteiger partial charge in [-0.15, -0.1) is 0 Å². The first-order chi connectivity index (χ1) is 17.4. The molecule has 0 radical (unpaired) electrons. The van der Waals surface area contributed by atoms with Crippen molar-refractivity contribution < 1.29 is 39.6 Å². The van der Waals surface area contributed by atoms with Gasteiger partial charge >= 0.3 is 23.9 Å². The maximum Gasteiger partial charge on any atom is 0.317 e. The average molecular weight is 531 g/mol. The lowest BCUT2D eigenvalue weighted by atomic mass is 10.0. The van der Waals surface area contributed by atoms with E-state index in [0.29, 0.717) is 51.9 Å². The third kappa shape index (κ3) is 11.3. The van der Waals surface area contributed by atoms with Crippen LogP contribution in [0.2, 0.25) is 0 Å². The van der Waals surface area contributed by atoms with Crippen LogP contribution in [0.15, 0.2) is 0 Å². The Morgan fingerprint density at radius 1 is 0.514 bits per heavy atom. The van der Waals surface area contributed by atoms with Crippen LogP contribution < -0.4 is 0 Å². The standard InChI is InChI=1S/C25H46N4O8/c1-5-9-21-13-28(16-24(34)35)19(7-3)11-26(14-22(30)31)18(6-2)10-27(15-23(32)33)20(8-4)12-29(21)17-25(36)37/h18-21H,5-17H2,1-4H3,(H,30,31)(H,32,33)(H,34,35)(H,36,37)/t18-,19-,20-,21-/m0/s1. The molecule has 4 N–H and O–H groups in total. The summed E-state index contributed by atoms with van der Waals surface area (Å²) in [6, 6.07) is -1.08. The second-order valence-corrected chi connectivity index (χ2v) is 9.92. The summed E-state index contributed by atoms with van der Waals surface area (Å²) in [6.07, 6.45) is 3.14. The lowest BCUT2D eigenvalue weighted by Crippen LogP contribution is -2.59. The third-order valence-corrected chi connectivity index (χ3v) is 7.24. The molecule has 12 heteroatoms. The zero-order valence-electron chi connectivity index (χ0n) is 22.7. The van der Waals surface area contributed by atoms with Gasteiger partial charge in [0.2, 0.25) is 0 Å². The van der Waals surface area contributed by atoms with Gasteiger partial charge in [-0.25, -0.2) is 0 Å². The molecule has 12 nitrogen and oxygen atoms in total. The minimum absolute atomic E-state index is 0.234. The van der Waals surface area contributed by atoms with Crippen LogP contribution in [-0.2, 0) is 19.2 Å². The Morgan fingerprint density at radius 2 is 0.757 bits per heavy atom. The Hall–Kier alpha value is -2.28. The summed E-state index contributed by atoms with van der Waals surface area (Å²) in [6.45, 7) is 8.08. The Kier molecular flexibility index (Phi) is 14.6. The molecular weight excluding hydrogens is 484 g/mol. The predicted molar refractivity (Wildman–Crippen MR) is 138 cm³/mol. The van der Waals surface area contributed by atoms with Crippen molar-refractivity contribution in [2.75, 3.05) is 52.4 Å². The van der Waals surface area contributed by atoms with Crippen molar-refractivity contribution in [3.8, 4) is 0 Å². The summed E-state index contributed by atoms with van der Waals surface area (Å²) >= 11 is 0. The van der Waals surface area contributed by atoms with Gasteiger partial charge in [0.25, 0.3) is 0 Å². The fourth-order valence-electron chi connectivity index (χ4n) is 5.38. The van der Waals surface area contributed by atoms with Gasteiger partial charge in [0, 0.05) is 50.3 Å². The Morgan fingerprint density at radius 3 is 0.973 bits per heavy atom. The van der Waals surface area contributed by atoms with E-state index >= 15 is 0 Å². The highest BCUT2D eigenvalue weighted by atomic mass is 16.4. The molecular formula is C25H46N4O8. The molecule has 37 heavy (non-hydrogen) atoms. The Labute approximate surface area is 219 Å². The fraction of sp³-hybridized carbons (Fsp3) is 0.840. The number of aliphatic carboxylic acids is 4. The van der Waals surface area contributed by atoms with E-state index in [1.165, 1.54) is 0 Å². The van der Waals surface area contributed by atoms with E-state index in [-0.39, 0.29) is 50.3 Å². The molecule has 0 aromatic carbocycles. The number of nitrogens with zero attached hydrogens (tertiary/aromatic N) is 4. The molecule has 4 atom stereocenters. The second-order valence-electron chi connectivity index (χ2n) is 9.92. The van der Waals surface area contributed by atoms with Gasteiger partial charge in [-0.1, -0.05) is 34.1 Å². The molecule has 1 saturated heterocycles. The molecule has 0 aromatic rings. The minimum atomic E-state index is -1.00. The van der Waals surface area contributed by atoms with Crippen molar-refractivity contribution in [2.24, 2.45) is 0 Å². The van der Waals surface area contributed by atoms with E-state index in [1.807, 2.05) is 47.3 Å². The van der Waals surface area contributed by atoms with E-state index in [1.54, 1.807) is 0 Å². The van der Waals surface area contributed by atoms with Crippen molar-refractivity contribution in [3.05, 3.63) is 0 Å². The van der Waals surface area contributed by atoms with Crippen molar-refractivity contribution in [3.63, 3.8) is 0 Å². The highest BCUT2D eigenvalue weighted by molar-refractivity contribution is 5.70. The normalized spacial score (nSPS) is 25.7. The number of hydrogen-bond acceptors (Lipinski definition) is 8. The Balaban J connectivity index is 3.67. The summed E-state index contributed by atoms with van der Waals surface area (Å²) in [7, 11) is 0. The van der Waals surface area contributed by atoms with Gasteiger partial charge in [-0.2, -0.15) is 0 Å². The third-order valence-electron chi connectivity index (χ3n) is 7.24. The molecule has 0 bridgehead atoms. The summed E-state index contributed by atoms with van der Waals surface area (Å²) in [5, 5.41) is 38.7. The molecule has 0 unspecified atom stereocenters. The van der Waals surface area contributed by atoms with E-state index < -0.39 is 23.9 Å². The molecule has 0 aromatic heterocycles. The van der Waals surface area contributed by atoms with Gasteiger partial charge in [0.05, 0.1) is 26.2 Å². The second kappa shape index (κ2) is 16.5. The van der Waals surface area contributed by atoms with E-state index in [2.05, 4.69) is 0 Å². The molecule has 1 aliphatic rings. The zero-order valence-corrected chi connectivity index (χ0v) is 22.7. The predicted octanol–water partition coefficient (Wildman–Crippen LogP) is 1.05. The first kappa shape index (κ1) is 32.7. The van der Waals surface area contributed by atoms with Gasteiger partial charge in [0.15, 0.2) is 0 Å². The molecule has 1 heterocycles. The van der Waals surface area contributed by atoms with E-state index in [0.717, 1.165) is 6.42 Å². The molecule has 1 rings (SSSR count). The molecule has 0 spiro atoms. The minimum Gasteiger partial charge on any atom is -0.480 e. The van der Waals surface area contributed by atoms with E-state index in [4.69, 9.17) is 0 Å². The summed E-state index contributed by atoms with van der Waals surface area (Å²) in [5.74, 6) is -4.00. The highest BCUT2D eigenvalue weighted by Crippen LogP contribution is 2.21. The van der Waals surface area contributed by atoms with Crippen LogP contribution >= 0.6 is 0 Å². The number of hydrogen-bond donors (Lipinski definition) is 4. The summed E-state index contributed by atoms with van der Waals surface area (Å²) < 4.78 is 0. The number of carboxylic acid groups (broad SMARTS) is 4. The molecule has 1 fully saturated rings. The van der Waals surface area contributed by atoms with Crippen molar-refractivity contribution in [1.29, 1.82) is 0 Å². The number of rotatable bonds is 13. The first-order valence-electron chi connectivity index (χ1n) is 13.3. The van der Waals surface area contributed by atoms with E-state index in [9.17, 15) is 39.6 Å². The van der Waals surface area contributed by atoms with Crippen LogP contribution in [0, 0.1) is 0 Å². The van der Waals surface area contributed by atoms with Crippen LogP contribution in [-0.4, -0.2) is 140 Å². The topological polar surface area (TPSA) is 162 Å². The number of carboxylic acids is 4. The van der Waals surface area contributed by atoms with Crippen molar-refractivity contribution in [2.45, 2.75) is 84.0 Å². The van der Waals surface area contributed by atoms with Gasteiger partial charge < -0.3 is 20.4 Å². The Bertz CT molecular complexity index is 750. The molecule has 0 amide bonds. The molecule has 214 valence electrons. The quantitative estimate of drug-likeness (QED) is 0.268. The molecule has 0 saturated carbocycles. The van der Waals surface area contributed by atoms with Crippen LogP contribution in [0.3, 0.4) is 0 Å². The fourth-order valence-corrected chi connectivity index (χ4v) is 5.38. The zero-order chi connectivity index (χ0) is 28.1. The monoisotopic (exact) mass is 530 g/mol. The van der Waals surface area contributed by atoms with Gasteiger partial charge in [-0.05, 0) is 25.7 Å². The largest absolute Gasteiger partial charge is 0.480 e. The maximum atomic E-state index is 11.9. The SMILES string of the molecule is CCC[C@H]1CN(CC(=O)O)[C@@H](CC)CN(CC(=O)O)[C@@H](CC)CN(CC(=O)O)[C@@H](CC)CN1CC(=O)O. The summed E-state index contributed by atoms with van der Waals surface area (Å²) in [5.41, 5.74) is 0. The van der Waals surface area contributed by atoms with Crippen LogP contribution in [0.25, 0.3) is 0 Å². The smallest absolute Gasteiger partial charge is 0.317 e. The first-order valence-corrected chi connectivity index (χ1v) is 13.3. The lowest BCUT2D eigenvalue weighted by Gasteiger charge is -2.45. The van der Waals surface area contributed by atoms with Crippen LogP contribution in [0.5, 0.6) is 0 Å². The molecule has 1 aliphatic heterocycles. The van der Waals surface area contributed by atoms with Crippen LogP contribution in [0.4, 0.5) is 0 Å². The average Bonchev–Trinajstić information content (AvgIpc) is 2.79. The van der Waals surface area contributed by atoms with Gasteiger partial charge in [-0.3, -0.25) is 38.8 Å². The highest BCUT2D eigenvalue weighted by Gasteiger charge is 2.35. The summed E-state index contributed by atoms with van der Waals surface area (Å²) in [4.78, 5) is 54.7. The molecule has 0 aliphatic carbocycles. The number of carbonyl (C=O) groups is 4.